The van der Waals surface area contributed by atoms with Gasteiger partial charge in [0.05, 0.1) is 28.7 Å². The number of benzene rings is 1. The number of anilines is 1. The van der Waals surface area contributed by atoms with Crippen LogP contribution in [0.4, 0.5) is 5.69 Å². The fraction of sp³-hybridized carbons (Fsp3) is 0.368. The van der Waals surface area contributed by atoms with Gasteiger partial charge in [-0.15, -0.1) is 0 Å². The molecule has 0 unspecified atom stereocenters. The first kappa shape index (κ1) is 14.6. The summed E-state index contributed by atoms with van der Waals surface area (Å²) in [5.41, 5.74) is 0.954. The normalized spacial score (nSPS) is 32.7. The zero-order valence-electron chi connectivity index (χ0n) is 13.6. The van der Waals surface area contributed by atoms with E-state index in [2.05, 4.69) is 12.2 Å². The third-order valence-corrected chi connectivity index (χ3v) is 6.09. The van der Waals surface area contributed by atoms with E-state index in [1.807, 2.05) is 0 Å². The molecule has 3 aliphatic carbocycles. The first-order valence-electron chi connectivity index (χ1n) is 8.51. The molecule has 6 nitrogen and oxygen atoms in total. The van der Waals surface area contributed by atoms with Crippen LogP contribution >= 0.6 is 0 Å². The number of hydrogen-bond acceptors (Lipinski definition) is 4. The van der Waals surface area contributed by atoms with E-state index in [4.69, 9.17) is 0 Å². The molecule has 1 saturated carbocycles. The summed E-state index contributed by atoms with van der Waals surface area (Å²) in [5, 5.41) is 0. The van der Waals surface area contributed by atoms with Gasteiger partial charge in [-0.1, -0.05) is 12.2 Å². The quantitative estimate of drug-likeness (QED) is 0.577. The number of allylic oxidation sites excluding steroid dienone is 2. The van der Waals surface area contributed by atoms with Gasteiger partial charge in [0.25, 0.3) is 11.8 Å². The minimum Gasteiger partial charge on any atom is -0.277 e. The fourth-order valence-electron chi connectivity index (χ4n) is 4.82. The van der Waals surface area contributed by atoms with Crippen molar-refractivity contribution in [3.05, 3.63) is 41.5 Å². The van der Waals surface area contributed by atoms with Gasteiger partial charge >= 0.3 is 0 Å². The summed E-state index contributed by atoms with van der Waals surface area (Å²) in [6, 6.07) is 4.62. The molecule has 6 heteroatoms. The molecule has 4 atom stereocenters. The van der Waals surface area contributed by atoms with Crippen LogP contribution in [-0.2, 0) is 9.59 Å². The Kier molecular flexibility index (Phi) is 2.71. The van der Waals surface area contributed by atoms with E-state index >= 15 is 0 Å². The summed E-state index contributed by atoms with van der Waals surface area (Å²) in [6.07, 6.45) is 6.03. The molecule has 6 rings (SSSR count). The summed E-state index contributed by atoms with van der Waals surface area (Å²) in [7, 11) is 1.43. The molecule has 2 aliphatic heterocycles. The van der Waals surface area contributed by atoms with E-state index in [1.165, 1.54) is 24.1 Å². The van der Waals surface area contributed by atoms with Gasteiger partial charge in [-0.05, 0) is 42.9 Å². The second kappa shape index (κ2) is 4.65. The molecule has 0 radical (unpaired) electrons. The van der Waals surface area contributed by atoms with Crippen LogP contribution in [0.3, 0.4) is 0 Å². The average molecular weight is 336 g/mol. The van der Waals surface area contributed by atoms with Crippen molar-refractivity contribution in [2.45, 2.75) is 12.8 Å². The number of hydrogen-bond donors (Lipinski definition) is 0. The van der Waals surface area contributed by atoms with E-state index < -0.39 is 5.91 Å². The topological polar surface area (TPSA) is 74.8 Å². The Balaban J connectivity index is 1.57. The first-order chi connectivity index (χ1) is 12.0. The number of nitrogens with zero attached hydrogens (tertiary/aromatic N) is 2. The third kappa shape index (κ3) is 1.69. The van der Waals surface area contributed by atoms with Gasteiger partial charge in [0.2, 0.25) is 11.8 Å². The minimum atomic E-state index is -0.403. The molecule has 2 fully saturated rings. The Labute approximate surface area is 144 Å². The number of rotatable bonds is 1. The zero-order chi connectivity index (χ0) is 17.5. The molecule has 1 aromatic rings. The highest BCUT2D eigenvalue weighted by atomic mass is 16.2. The van der Waals surface area contributed by atoms with Crippen molar-refractivity contribution in [1.82, 2.24) is 4.90 Å². The zero-order valence-corrected chi connectivity index (χ0v) is 13.6. The van der Waals surface area contributed by atoms with Crippen molar-refractivity contribution in [1.29, 1.82) is 0 Å². The maximum absolute atomic E-state index is 13.0. The molecule has 0 spiro atoms. The Hall–Kier alpha value is -2.76. The van der Waals surface area contributed by atoms with Crippen LogP contribution in [0.15, 0.2) is 30.4 Å². The second-order valence-corrected chi connectivity index (χ2v) is 7.25. The first-order valence-corrected chi connectivity index (χ1v) is 8.51. The summed E-state index contributed by atoms with van der Waals surface area (Å²) in [5.74, 6) is -1.45. The standard InChI is InChI=1S/C19H16N2O4/c1-20-16(22)12-7-6-11(8-13(12)17(20)23)21-18(24)14-9-2-3-10(5-4-9)15(14)19(21)25/h2-3,6-10,14-15H,4-5H2,1H3/t9-,10+,14-,15+. The predicted molar refractivity (Wildman–Crippen MR) is 87.7 cm³/mol. The van der Waals surface area contributed by atoms with Crippen LogP contribution < -0.4 is 4.90 Å². The van der Waals surface area contributed by atoms with Crippen LogP contribution in [-0.4, -0.2) is 35.6 Å². The summed E-state index contributed by atoms with van der Waals surface area (Å²) in [4.78, 5) is 52.4. The highest BCUT2D eigenvalue weighted by Gasteiger charge is 2.57. The lowest BCUT2D eigenvalue weighted by Gasteiger charge is -2.38. The van der Waals surface area contributed by atoms with Gasteiger partial charge in [-0.25, -0.2) is 4.90 Å². The lowest BCUT2D eigenvalue weighted by Crippen LogP contribution is -2.38. The van der Waals surface area contributed by atoms with Crippen LogP contribution in [0.5, 0.6) is 0 Å². The van der Waals surface area contributed by atoms with Gasteiger partial charge in [-0.3, -0.25) is 24.1 Å². The van der Waals surface area contributed by atoms with E-state index in [0.29, 0.717) is 11.3 Å². The SMILES string of the molecule is CN1C(=O)c2ccc(N3C(=O)[C@@H]4[C@H](C3=O)[C@@H]3C=C[C@H]4CC3)cc2C1=O. The Morgan fingerprint density at radius 2 is 1.40 bits per heavy atom. The molecule has 126 valence electrons. The van der Waals surface area contributed by atoms with E-state index in [-0.39, 0.29) is 47.0 Å². The largest absolute Gasteiger partial charge is 0.277 e. The minimum absolute atomic E-state index is 0.125. The van der Waals surface area contributed by atoms with E-state index in [1.54, 1.807) is 6.07 Å². The van der Waals surface area contributed by atoms with Crippen LogP contribution in [0.1, 0.15) is 33.6 Å². The number of fused-ring (bicyclic) bond motifs is 2. The molecule has 25 heavy (non-hydrogen) atoms. The predicted octanol–water partition coefficient (Wildman–Crippen LogP) is 1.61. The maximum atomic E-state index is 13.0. The molecule has 1 aromatic carbocycles. The van der Waals surface area contributed by atoms with Gasteiger partial charge in [0.15, 0.2) is 0 Å². The molecule has 0 aromatic heterocycles. The lowest BCUT2D eigenvalue weighted by atomic mass is 9.63. The molecule has 2 heterocycles. The fourth-order valence-corrected chi connectivity index (χ4v) is 4.82. The van der Waals surface area contributed by atoms with Crippen molar-refractivity contribution in [2.75, 3.05) is 11.9 Å². The van der Waals surface area contributed by atoms with Crippen molar-refractivity contribution >= 4 is 29.3 Å². The summed E-state index contributed by atoms with van der Waals surface area (Å²) < 4.78 is 0. The van der Waals surface area contributed by atoms with Crippen LogP contribution in [0, 0.1) is 23.7 Å². The molecule has 2 bridgehead atoms. The number of amides is 4. The van der Waals surface area contributed by atoms with Crippen molar-refractivity contribution in [3.8, 4) is 0 Å². The molecular weight excluding hydrogens is 320 g/mol. The lowest BCUT2D eigenvalue weighted by molar-refractivity contribution is -0.124. The maximum Gasteiger partial charge on any atom is 0.261 e. The molecule has 5 aliphatic rings. The monoisotopic (exact) mass is 336 g/mol. The second-order valence-electron chi connectivity index (χ2n) is 7.25. The third-order valence-electron chi connectivity index (χ3n) is 6.09. The Bertz CT molecular complexity index is 871. The number of carbonyl (C=O) groups excluding carboxylic acids is 4. The van der Waals surface area contributed by atoms with Crippen LogP contribution in [0.2, 0.25) is 0 Å². The number of imide groups is 2. The smallest absolute Gasteiger partial charge is 0.261 e. The van der Waals surface area contributed by atoms with Crippen molar-refractivity contribution in [3.63, 3.8) is 0 Å². The molecule has 4 amide bonds. The van der Waals surface area contributed by atoms with E-state index in [9.17, 15) is 19.2 Å². The average Bonchev–Trinajstić information content (AvgIpc) is 3.04. The molecule has 1 saturated heterocycles. The van der Waals surface area contributed by atoms with Crippen LogP contribution in [0.25, 0.3) is 0 Å². The highest BCUT2D eigenvalue weighted by molar-refractivity contribution is 6.25. The van der Waals surface area contributed by atoms with Gasteiger partial charge in [-0.2, -0.15) is 0 Å². The van der Waals surface area contributed by atoms with Crippen molar-refractivity contribution in [2.24, 2.45) is 23.7 Å². The highest BCUT2D eigenvalue weighted by Crippen LogP contribution is 2.50. The number of carbonyl (C=O) groups is 4. The Morgan fingerprint density at radius 3 is 1.96 bits per heavy atom. The van der Waals surface area contributed by atoms with Gasteiger partial charge in [0.1, 0.15) is 0 Å². The van der Waals surface area contributed by atoms with Crippen molar-refractivity contribution < 1.29 is 19.2 Å². The molecule has 0 N–H and O–H groups in total. The van der Waals surface area contributed by atoms with E-state index in [0.717, 1.165) is 17.7 Å². The van der Waals surface area contributed by atoms with Gasteiger partial charge in [0, 0.05) is 7.05 Å². The summed E-state index contributed by atoms with van der Waals surface area (Å²) >= 11 is 0. The Morgan fingerprint density at radius 1 is 0.840 bits per heavy atom. The summed E-state index contributed by atoms with van der Waals surface area (Å²) in [6.45, 7) is 0. The van der Waals surface area contributed by atoms with Gasteiger partial charge < -0.3 is 0 Å². The molecular formula is C19H16N2O4.